The summed E-state index contributed by atoms with van der Waals surface area (Å²) in [7, 11) is 0. The lowest BCUT2D eigenvalue weighted by Gasteiger charge is -2.04. The molecule has 1 aromatic carbocycles. The highest BCUT2D eigenvalue weighted by Gasteiger charge is 2.18. The maximum Gasteiger partial charge on any atom is 0.281 e. The first-order valence-corrected chi connectivity index (χ1v) is 9.32. The fourth-order valence-corrected chi connectivity index (χ4v) is 4.42. The molecule has 1 aliphatic rings. The van der Waals surface area contributed by atoms with E-state index in [0.29, 0.717) is 15.6 Å². The van der Waals surface area contributed by atoms with Crippen LogP contribution in [0.3, 0.4) is 0 Å². The first-order valence-electron chi connectivity index (χ1n) is 8.12. The zero-order chi connectivity index (χ0) is 17.4. The van der Waals surface area contributed by atoms with Crippen molar-refractivity contribution in [3.63, 3.8) is 0 Å². The van der Waals surface area contributed by atoms with E-state index < -0.39 is 0 Å². The van der Waals surface area contributed by atoms with Crippen molar-refractivity contribution in [2.24, 2.45) is 5.10 Å². The molecule has 1 aliphatic carbocycles. The van der Waals surface area contributed by atoms with Gasteiger partial charge in [-0.25, -0.2) is 10.4 Å². The number of hydrazone groups is 1. The topological polar surface area (TPSA) is 54.4 Å². The van der Waals surface area contributed by atoms with Crippen LogP contribution in [0.15, 0.2) is 35.4 Å². The summed E-state index contributed by atoms with van der Waals surface area (Å²) in [5.41, 5.74) is 6.50. The highest BCUT2D eigenvalue weighted by atomic mass is 35.5. The van der Waals surface area contributed by atoms with Gasteiger partial charge in [0.25, 0.3) is 5.91 Å². The number of para-hydroxylation sites is 1. The number of pyridine rings is 1. The Hall–Kier alpha value is -2.24. The molecule has 0 unspecified atom stereocenters. The minimum atomic E-state index is -0.184. The molecule has 0 bridgehead atoms. The molecule has 1 amide bonds. The third-order valence-electron chi connectivity index (χ3n) is 4.37. The van der Waals surface area contributed by atoms with Crippen LogP contribution in [-0.2, 0) is 12.8 Å². The summed E-state index contributed by atoms with van der Waals surface area (Å²) in [5, 5.41) is 5.41. The largest absolute Gasteiger partial charge is 0.281 e. The second-order valence-electron chi connectivity index (χ2n) is 6.13. The lowest BCUT2D eigenvalue weighted by atomic mass is 10.1. The van der Waals surface area contributed by atoms with E-state index in [1.54, 1.807) is 11.3 Å². The van der Waals surface area contributed by atoms with Crippen LogP contribution in [0.5, 0.6) is 0 Å². The van der Waals surface area contributed by atoms with Crippen LogP contribution in [0, 0.1) is 6.92 Å². The number of carbonyl (C=O) groups is 1. The van der Waals surface area contributed by atoms with E-state index in [2.05, 4.69) is 15.5 Å². The number of hydrogen-bond donors (Lipinski definition) is 1. The van der Waals surface area contributed by atoms with Crippen LogP contribution < -0.4 is 5.43 Å². The Bertz CT molecular complexity index is 988. The van der Waals surface area contributed by atoms with E-state index in [1.165, 1.54) is 23.1 Å². The Labute approximate surface area is 154 Å². The number of aryl methyl sites for hydroxylation is 3. The SMILES string of the molecule is Cc1cccc2cc(/C=N\NC(=O)c3cc4c(s3)CCC4)c(Cl)nc12. The Morgan fingerprint density at radius 3 is 3.08 bits per heavy atom. The molecule has 0 saturated carbocycles. The average Bonchev–Trinajstić information content (AvgIpc) is 3.18. The van der Waals surface area contributed by atoms with Crippen molar-refractivity contribution in [2.75, 3.05) is 0 Å². The van der Waals surface area contributed by atoms with E-state index in [9.17, 15) is 4.79 Å². The van der Waals surface area contributed by atoms with Gasteiger partial charge >= 0.3 is 0 Å². The first-order chi connectivity index (χ1) is 12.1. The van der Waals surface area contributed by atoms with Crippen LogP contribution in [0.25, 0.3) is 10.9 Å². The van der Waals surface area contributed by atoms with Crippen molar-refractivity contribution in [2.45, 2.75) is 26.2 Å². The van der Waals surface area contributed by atoms with Crippen LogP contribution >= 0.6 is 22.9 Å². The molecule has 0 aliphatic heterocycles. The number of amides is 1. The molecule has 2 aromatic heterocycles. The minimum Gasteiger partial charge on any atom is -0.266 e. The summed E-state index contributed by atoms with van der Waals surface area (Å²) in [6, 6.07) is 9.86. The van der Waals surface area contributed by atoms with E-state index in [4.69, 9.17) is 11.6 Å². The summed E-state index contributed by atoms with van der Waals surface area (Å²) in [6.45, 7) is 2.00. The first kappa shape index (κ1) is 16.2. The van der Waals surface area contributed by atoms with Gasteiger partial charge in [-0.05, 0) is 49.4 Å². The number of hydrogen-bond acceptors (Lipinski definition) is 4. The van der Waals surface area contributed by atoms with Gasteiger partial charge in [0.2, 0.25) is 0 Å². The zero-order valence-electron chi connectivity index (χ0n) is 13.7. The van der Waals surface area contributed by atoms with E-state index in [-0.39, 0.29) is 5.91 Å². The number of thiophene rings is 1. The Morgan fingerprint density at radius 1 is 1.36 bits per heavy atom. The second-order valence-corrected chi connectivity index (χ2v) is 7.62. The number of halogens is 1. The van der Waals surface area contributed by atoms with Gasteiger partial charge in [-0.2, -0.15) is 5.10 Å². The number of nitrogens with zero attached hydrogens (tertiary/aromatic N) is 2. The molecular weight excluding hydrogens is 354 g/mol. The van der Waals surface area contributed by atoms with E-state index in [0.717, 1.165) is 29.3 Å². The highest BCUT2D eigenvalue weighted by molar-refractivity contribution is 7.14. The molecular formula is C19H16ClN3OS. The molecule has 0 fully saturated rings. The normalized spacial score (nSPS) is 13.5. The molecule has 0 spiro atoms. The Balaban J connectivity index is 1.52. The van der Waals surface area contributed by atoms with Gasteiger partial charge in [-0.3, -0.25) is 4.79 Å². The molecule has 4 rings (SSSR count). The molecule has 2 heterocycles. The number of benzene rings is 1. The monoisotopic (exact) mass is 369 g/mol. The van der Waals surface area contributed by atoms with Crippen molar-refractivity contribution in [3.8, 4) is 0 Å². The Kier molecular flexibility index (Phi) is 4.27. The van der Waals surface area contributed by atoms with Crippen LogP contribution in [0.2, 0.25) is 5.15 Å². The molecule has 0 saturated heterocycles. The Morgan fingerprint density at radius 2 is 2.24 bits per heavy atom. The van der Waals surface area contributed by atoms with Crippen molar-refractivity contribution in [1.29, 1.82) is 0 Å². The number of aromatic nitrogens is 1. The molecule has 25 heavy (non-hydrogen) atoms. The summed E-state index contributed by atoms with van der Waals surface area (Å²) >= 11 is 7.80. The third kappa shape index (κ3) is 3.17. The van der Waals surface area contributed by atoms with Gasteiger partial charge in [0, 0.05) is 15.8 Å². The summed E-state index contributed by atoms with van der Waals surface area (Å²) in [5.74, 6) is -0.184. The van der Waals surface area contributed by atoms with Crippen LogP contribution in [0.4, 0.5) is 0 Å². The number of nitrogens with one attached hydrogen (secondary N) is 1. The van der Waals surface area contributed by atoms with Crippen LogP contribution in [-0.4, -0.2) is 17.1 Å². The maximum atomic E-state index is 12.2. The fraction of sp³-hybridized carbons (Fsp3) is 0.211. The summed E-state index contributed by atoms with van der Waals surface area (Å²) in [4.78, 5) is 18.7. The fourth-order valence-electron chi connectivity index (χ4n) is 3.09. The smallest absolute Gasteiger partial charge is 0.266 e. The van der Waals surface area contributed by atoms with Gasteiger partial charge in [0.1, 0.15) is 5.15 Å². The minimum absolute atomic E-state index is 0.184. The van der Waals surface area contributed by atoms with E-state index in [1.807, 2.05) is 37.3 Å². The van der Waals surface area contributed by atoms with Gasteiger partial charge < -0.3 is 0 Å². The summed E-state index contributed by atoms with van der Waals surface area (Å²) in [6.07, 6.45) is 4.87. The molecule has 126 valence electrons. The molecule has 1 N–H and O–H groups in total. The standard InChI is InChI=1S/C19H16ClN3OS/c1-11-4-2-6-13-8-14(18(20)22-17(11)13)10-21-23-19(24)16-9-12-5-3-7-15(12)25-16/h2,4,6,8-10H,3,5,7H2,1H3,(H,23,24)/b21-10-. The van der Waals surface area contributed by atoms with Crippen LogP contribution in [0.1, 0.15) is 37.7 Å². The second kappa shape index (κ2) is 6.58. The van der Waals surface area contributed by atoms with Gasteiger partial charge in [0.15, 0.2) is 0 Å². The third-order valence-corrected chi connectivity index (χ3v) is 5.91. The number of rotatable bonds is 3. The number of carbonyl (C=O) groups excluding carboxylic acids is 1. The molecule has 0 atom stereocenters. The molecule has 3 aromatic rings. The van der Waals surface area contributed by atoms with Gasteiger partial charge in [-0.15, -0.1) is 11.3 Å². The average molecular weight is 370 g/mol. The van der Waals surface area contributed by atoms with Gasteiger partial charge in [0.05, 0.1) is 16.6 Å². The zero-order valence-corrected chi connectivity index (χ0v) is 15.2. The van der Waals surface area contributed by atoms with Gasteiger partial charge in [-0.1, -0.05) is 29.8 Å². The quantitative estimate of drug-likeness (QED) is 0.419. The lowest BCUT2D eigenvalue weighted by molar-refractivity contribution is 0.0959. The van der Waals surface area contributed by atoms with E-state index >= 15 is 0 Å². The highest BCUT2D eigenvalue weighted by Crippen LogP contribution is 2.30. The molecule has 6 heteroatoms. The predicted octanol–water partition coefficient (Wildman–Crippen LogP) is 4.51. The van der Waals surface area contributed by atoms with Crippen molar-refractivity contribution in [3.05, 3.63) is 61.9 Å². The molecule has 0 radical (unpaired) electrons. The van der Waals surface area contributed by atoms with Crippen molar-refractivity contribution < 1.29 is 4.79 Å². The summed E-state index contributed by atoms with van der Waals surface area (Å²) < 4.78 is 0. The predicted molar refractivity (Wildman–Crippen MR) is 103 cm³/mol. The molecule has 4 nitrogen and oxygen atoms in total. The maximum absolute atomic E-state index is 12.2. The van der Waals surface area contributed by atoms with Crippen molar-refractivity contribution >= 4 is 46.0 Å². The lowest BCUT2D eigenvalue weighted by Crippen LogP contribution is -2.16. The number of fused-ring (bicyclic) bond motifs is 2. The van der Waals surface area contributed by atoms with Crippen molar-refractivity contribution in [1.82, 2.24) is 10.4 Å².